The van der Waals surface area contributed by atoms with Crippen molar-refractivity contribution in [3.63, 3.8) is 0 Å². The van der Waals surface area contributed by atoms with Crippen molar-refractivity contribution >= 4 is 40.8 Å². The van der Waals surface area contributed by atoms with Crippen molar-refractivity contribution in [2.24, 2.45) is 0 Å². The molecule has 0 aliphatic heterocycles. The molecule has 1 aromatic heterocycles. The molecule has 0 aliphatic carbocycles. The van der Waals surface area contributed by atoms with E-state index in [0.29, 0.717) is 11.6 Å². The molecule has 0 bridgehead atoms. The second-order valence-corrected chi connectivity index (χ2v) is 4.68. The van der Waals surface area contributed by atoms with Gasteiger partial charge in [-0.2, -0.15) is 15.2 Å². The highest BCUT2D eigenvalue weighted by Gasteiger charge is 2.11. The van der Waals surface area contributed by atoms with Gasteiger partial charge in [-0.05, 0) is 11.6 Å². The van der Waals surface area contributed by atoms with Gasteiger partial charge in [-0.1, -0.05) is 53.0 Å². The number of halogens is 3. The van der Waals surface area contributed by atoms with Crippen molar-refractivity contribution in [3.8, 4) is 6.07 Å². The second-order valence-electron chi connectivity index (χ2n) is 3.56. The highest BCUT2D eigenvalue weighted by molar-refractivity contribution is 6.35. The molecule has 1 N–H and O–H groups in total. The number of anilines is 1. The third-order valence-corrected chi connectivity index (χ3v) is 3.24. The SMILES string of the molecule is N#Cc1c(Cl)nc(NCc2ccccc2Cl)nc1Cl. The molecule has 0 spiro atoms. The first-order valence-corrected chi connectivity index (χ1v) is 6.35. The summed E-state index contributed by atoms with van der Waals surface area (Å²) in [7, 11) is 0. The molecule has 2 aromatic rings. The highest BCUT2D eigenvalue weighted by atomic mass is 35.5. The van der Waals surface area contributed by atoms with Gasteiger partial charge in [-0.25, -0.2) is 0 Å². The molecule has 0 fully saturated rings. The summed E-state index contributed by atoms with van der Waals surface area (Å²) in [5, 5.41) is 12.4. The fourth-order valence-corrected chi connectivity index (χ4v) is 2.07. The van der Waals surface area contributed by atoms with Crippen LogP contribution in [0.3, 0.4) is 0 Å². The molecule has 0 aliphatic rings. The topological polar surface area (TPSA) is 61.6 Å². The first kappa shape index (κ1) is 13.9. The van der Waals surface area contributed by atoms with Crippen LogP contribution in [0, 0.1) is 11.3 Å². The molecule has 96 valence electrons. The van der Waals surface area contributed by atoms with Crippen molar-refractivity contribution in [3.05, 3.63) is 50.7 Å². The van der Waals surface area contributed by atoms with Crippen LogP contribution in [0.15, 0.2) is 24.3 Å². The molecule has 0 saturated heterocycles. The van der Waals surface area contributed by atoms with Crippen LogP contribution < -0.4 is 5.32 Å². The zero-order chi connectivity index (χ0) is 13.8. The lowest BCUT2D eigenvalue weighted by Crippen LogP contribution is -2.05. The predicted octanol–water partition coefficient (Wildman–Crippen LogP) is 3.92. The van der Waals surface area contributed by atoms with Gasteiger partial charge in [0, 0.05) is 11.6 Å². The van der Waals surface area contributed by atoms with E-state index in [1.165, 1.54) is 0 Å². The zero-order valence-corrected chi connectivity index (χ0v) is 11.8. The number of nitriles is 1. The maximum absolute atomic E-state index is 8.80. The van der Waals surface area contributed by atoms with Crippen LogP contribution in [-0.2, 0) is 6.54 Å². The molecule has 19 heavy (non-hydrogen) atoms. The Balaban J connectivity index is 2.17. The van der Waals surface area contributed by atoms with Crippen molar-refractivity contribution < 1.29 is 0 Å². The maximum Gasteiger partial charge on any atom is 0.225 e. The van der Waals surface area contributed by atoms with E-state index >= 15 is 0 Å². The third-order valence-electron chi connectivity index (χ3n) is 2.33. The summed E-state index contributed by atoms with van der Waals surface area (Å²) in [6, 6.07) is 9.23. The van der Waals surface area contributed by atoms with Crippen LogP contribution in [0.4, 0.5) is 5.95 Å². The fraction of sp³-hybridized carbons (Fsp3) is 0.0833. The number of benzene rings is 1. The first-order chi connectivity index (χ1) is 9.11. The van der Waals surface area contributed by atoms with Crippen LogP contribution >= 0.6 is 34.8 Å². The van der Waals surface area contributed by atoms with Crippen LogP contribution in [-0.4, -0.2) is 9.97 Å². The fourth-order valence-electron chi connectivity index (χ4n) is 1.40. The molecule has 1 heterocycles. The average Bonchev–Trinajstić information content (AvgIpc) is 2.37. The molecule has 0 radical (unpaired) electrons. The van der Waals surface area contributed by atoms with E-state index in [1.807, 2.05) is 24.3 Å². The molecule has 0 unspecified atom stereocenters. The van der Waals surface area contributed by atoms with Gasteiger partial charge in [0.2, 0.25) is 5.95 Å². The smallest absolute Gasteiger partial charge is 0.225 e. The van der Waals surface area contributed by atoms with Gasteiger partial charge in [-0.3, -0.25) is 0 Å². The van der Waals surface area contributed by atoms with Gasteiger partial charge in [-0.15, -0.1) is 0 Å². The van der Waals surface area contributed by atoms with Crippen molar-refractivity contribution in [1.29, 1.82) is 5.26 Å². The Morgan fingerprint density at radius 2 is 1.74 bits per heavy atom. The normalized spacial score (nSPS) is 10.0. The van der Waals surface area contributed by atoms with E-state index in [2.05, 4.69) is 15.3 Å². The highest BCUT2D eigenvalue weighted by Crippen LogP contribution is 2.22. The van der Waals surface area contributed by atoms with Gasteiger partial charge >= 0.3 is 0 Å². The van der Waals surface area contributed by atoms with Crippen molar-refractivity contribution in [2.45, 2.75) is 6.54 Å². The summed E-state index contributed by atoms with van der Waals surface area (Å²) < 4.78 is 0. The van der Waals surface area contributed by atoms with Gasteiger partial charge in [0.25, 0.3) is 0 Å². The minimum absolute atomic E-state index is 0.0177. The second kappa shape index (κ2) is 6.07. The van der Waals surface area contributed by atoms with Crippen LogP contribution in [0.2, 0.25) is 15.3 Å². The van der Waals surface area contributed by atoms with Gasteiger partial charge in [0.1, 0.15) is 11.6 Å². The standard InChI is InChI=1S/C12H7Cl3N4/c13-9-4-2-1-3-7(9)6-17-12-18-10(14)8(5-16)11(15)19-12/h1-4H,6H2,(H,17,18,19). The Bertz CT molecular complexity index is 629. The average molecular weight is 314 g/mol. The van der Waals surface area contributed by atoms with E-state index in [1.54, 1.807) is 6.07 Å². The number of hydrogen-bond donors (Lipinski definition) is 1. The number of hydrogen-bond acceptors (Lipinski definition) is 4. The van der Waals surface area contributed by atoms with Crippen molar-refractivity contribution in [2.75, 3.05) is 5.32 Å². The van der Waals surface area contributed by atoms with Gasteiger partial charge in [0.15, 0.2) is 10.3 Å². The molecule has 2 rings (SSSR count). The largest absolute Gasteiger partial charge is 0.350 e. The Morgan fingerprint density at radius 3 is 2.32 bits per heavy atom. The molecule has 4 nitrogen and oxygen atoms in total. The number of nitrogens with zero attached hydrogens (tertiary/aromatic N) is 3. The van der Waals surface area contributed by atoms with E-state index in [0.717, 1.165) is 5.56 Å². The summed E-state index contributed by atoms with van der Waals surface area (Å²) in [6.07, 6.45) is 0. The number of rotatable bonds is 3. The lowest BCUT2D eigenvalue weighted by atomic mass is 10.2. The molecule has 0 amide bonds. The monoisotopic (exact) mass is 312 g/mol. The summed E-state index contributed by atoms with van der Waals surface area (Å²) in [6.45, 7) is 0.429. The quantitative estimate of drug-likeness (QED) is 0.872. The van der Waals surface area contributed by atoms with Crippen LogP contribution in [0.5, 0.6) is 0 Å². The van der Waals surface area contributed by atoms with Crippen LogP contribution in [0.1, 0.15) is 11.1 Å². The molecule has 0 saturated carbocycles. The number of aromatic nitrogens is 2. The molecular formula is C12H7Cl3N4. The number of nitrogens with one attached hydrogen (secondary N) is 1. The predicted molar refractivity (Wildman–Crippen MR) is 75.5 cm³/mol. The Labute approximate surface area is 125 Å². The van der Waals surface area contributed by atoms with E-state index in [-0.39, 0.29) is 21.8 Å². The van der Waals surface area contributed by atoms with Gasteiger partial charge < -0.3 is 5.32 Å². The summed E-state index contributed by atoms with van der Waals surface area (Å²) in [5.74, 6) is 0.244. The van der Waals surface area contributed by atoms with Gasteiger partial charge in [0.05, 0.1) is 0 Å². The summed E-state index contributed by atoms with van der Waals surface area (Å²) in [4.78, 5) is 7.89. The molecular weight excluding hydrogens is 307 g/mol. The summed E-state index contributed by atoms with van der Waals surface area (Å²) >= 11 is 17.7. The maximum atomic E-state index is 8.80. The minimum Gasteiger partial charge on any atom is -0.350 e. The Morgan fingerprint density at radius 1 is 1.11 bits per heavy atom. The Kier molecular flexibility index (Phi) is 4.43. The van der Waals surface area contributed by atoms with Crippen LogP contribution in [0.25, 0.3) is 0 Å². The van der Waals surface area contributed by atoms with Crippen molar-refractivity contribution in [1.82, 2.24) is 9.97 Å². The third kappa shape index (κ3) is 3.27. The lowest BCUT2D eigenvalue weighted by molar-refractivity contribution is 1.05. The minimum atomic E-state index is 0.0177. The Hall–Kier alpha value is -1.54. The van der Waals surface area contributed by atoms with E-state index in [9.17, 15) is 0 Å². The molecule has 7 heteroatoms. The lowest BCUT2D eigenvalue weighted by Gasteiger charge is -2.07. The summed E-state index contributed by atoms with van der Waals surface area (Å²) in [5.41, 5.74) is 0.955. The van der Waals surface area contributed by atoms with E-state index < -0.39 is 0 Å². The zero-order valence-electron chi connectivity index (χ0n) is 9.49. The van der Waals surface area contributed by atoms with E-state index in [4.69, 9.17) is 40.1 Å². The molecule has 0 atom stereocenters. The first-order valence-electron chi connectivity index (χ1n) is 5.22. The molecule has 1 aromatic carbocycles.